The van der Waals surface area contributed by atoms with Gasteiger partial charge in [-0.05, 0) is 36.5 Å². The number of benzene rings is 1. The molecule has 4 heteroatoms. The second-order valence-electron chi connectivity index (χ2n) is 5.72. The van der Waals surface area contributed by atoms with Crippen LogP contribution in [-0.4, -0.2) is 17.1 Å². The SMILES string of the molecule is CC(=O)Nc1ccc([C@H](N)[C@H](O)C2CCCCC2)cc1. The van der Waals surface area contributed by atoms with Crippen LogP contribution in [0.4, 0.5) is 5.69 Å². The average Bonchev–Trinajstić information content (AvgIpc) is 2.47. The van der Waals surface area contributed by atoms with E-state index in [1.165, 1.54) is 26.2 Å². The van der Waals surface area contributed by atoms with Crippen LogP contribution in [0.2, 0.25) is 0 Å². The zero-order valence-electron chi connectivity index (χ0n) is 12.0. The number of aliphatic hydroxyl groups is 1. The lowest BCUT2D eigenvalue weighted by Gasteiger charge is -2.30. The molecule has 1 aromatic rings. The summed E-state index contributed by atoms with van der Waals surface area (Å²) in [4.78, 5) is 11.0. The summed E-state index contributed by atoms with van der Waals surface area (Å²) in [5.41, 5.74) is 7.85. The average molecular weight is 276 g/mol. The molecule has 1 amide bonds. The van der Waals surface area contributed by atoms with Gasteiger partial charge in [-0.3, -0.25) is 4.79 Å². The van der Waals surface area contributed by atoms with Crippen LogP contribution in [-0.2, 0) is 4.79 Å². The van der Waals surface area contributed by atoms with Crippen molar-refractivity contribution in [1.82, 2.24) is 0 Å². The highest BCUT2D eigenvalue weighted by Gasteiger charge is 2.27. The van der Waals surface area contributed by atoms with Crippen molar-refractivity contribution in [2.75, 3.05) is 5.32 Å². The first-order valence-electron chi connectivity index (χ1n) is 7.39. The topological polar surface area (TPSA) is 75.4 Å². The Kier molecular flexibility index (Phi) is 5.15. The van der Waals surface area contributed by atoms with Gasteiger partial charge in [0.05, 0.1) is 12.1 Å². The van der Waals surface area contributed by atoms with Crippen LogP contribution in [0.5, 0.6) is 0 Å². The predicted molar refractivity (Wildman–Crippen MR) is 80.3 cm³/mol. The van der Waals surface area contributed by atoms with E-state index in [1.807, 2.05) is 24.3 Å². The number of hydrogen-bond donors (Lipinski definition) is 3. The van der Waals surface area contributed by atoms with E-state index in [0.29, 0.717) is 5.92 Å². The first-order valence-corrected chi connectivity index (χ1v) is 7.39. The van der Waals surface area contributed by atoms with Crippen LogP contribution in [0.3, 0.4) is 0 Å². The summed E-state index contributed by atoms with van der Waals surface area (Å²) in [6.45, 7) is 1.48. The van der Waals surface area contributed by atoms with Crippen LogP contribution in [0.1, 0.15) is 50.6 Å². The predicted octanol–water partition coefficient (Wildman–Crippen LogP) is 2.59. The molecule has 2 atom stereocenters. The molecule has 4 nitrogen and oxygen atoms in total. The zero-order valence-corrected chi connectivity index (χ0v) is 12.0. The van der Waals surface area contributed by atoms with Crippen molar-refractivity contribution in [2.45, 2.75) is 51.2 Å². The van der Waals surface area contributed by atoms with Crippen LogP contribution >= 0.6 is 0 Å². The molecule has 0 bridgehead atoms. The number of carbonyl (C=O) groups is 1. The van der Waals surface area contributed by atoms with Crippen molar-refractivity contribution >= 4 is 11.6 Å². The monoisotopic (exact) mass is 276 g/mol. The number of nitrogens with two attached hydrogens (primary N) is 1. The fourth-order valence-corrected chi connectivity index (χ4v) is 2.96. The van der Waals surface area contributed by atoms with E-state index < -0.39 is 6.10 Å². The minimum Gasteiger partial charge on any atom is -0.391 e. The van der Waals surface area contributed by atoms with Gasteiger partial charge in [0.15, 0.2) is 0 Å². The van der Waals surface area contributed by atoms with Crippen molar-refractivity contribution < 1.29 is 9.90 Å². The van der Waals surface area contributed by atoms with E-state index >= 15 is 0 Å². The zero-order chi connectivity index (χ0) is 14.5. The lowest BCUT2D eigenvalue weighted by Crippen LogP contribution is -2.34. The number of hydrogen-bond acceptors (Lipinski definition) is 3. The largest absolute Gasteiger partial charge is 0.391 e. The van der Waals surface area contributed by atoms with Gasteiger partial charge >= 0.3 is 0 Å². The number of carbonyl (C=O) groups excluding carboxylic acids is 1. The van der Waals surface area contributed by atoms with Gasteiger partial charge < -0.3 is 16.2 Å². The highest BCUT2D eigenvalue weighted by molar-refractivity contribution is 5.88. The second-order valence-corrected chi connectivity index (χ2v) is 5.72. The summed E-state index contributed by atoms with van der Waals surface area (Å²) < 4.78 is 0. The maximum absolute atomic E-state index is 11.0. The van der Waals surface area contributed by atoms with Crippen molar-refractivity contribution in [3.63, 3.8) is 0 Å². The third kappa shape index (κ3) is 3.81. The third-order valence-corrected chi connectivity index (χ3v) is 4.12. The van der Waals surface area contributed by atoms with Crippen molar-refractivity contribution in [3.8, 4) is 0 Å². The standard InChI is InChI=1S/C16H24N2O2/c1-11(19)18-14-9-7-12(8-10-14)15(17)16(20)13-5-3-2-4-6-13/h7-10,13,15-16,20H,2-6,17H2,1H3,(H,18,19)/t15-,16+/m0/s1. The highest BCUT2D eigenvalue weighted by atomic mass is 16.3. The van der Waals surface area contributed by atoms with Gasteiger partial charge in [-0.1, -0.05) is 31.4 Å². The fourth-order valence-electron chi connectivity index (χ4n) is 2.96. The molecule has 110 valence electrons. The Morgan fingerprint density at radius 3 is 2.40 bits per heavy atom. The van der Waals surface area contributed by atoms with Crippen LogP contribution in [0, 0.1) is 5.92 Å². The summed E-state index contributed by atoms with van der Waals surface area (Å²) in [5, 5.41) is 13.1. The van der Waals surface area contributed by atoms with Gasteiger partial charge in [-0.15, -0.1) is 0 Å². The summed E-state index contributed by atoms with van der Waals surface area (Å²) in [5.74, 6) is 0.220. The van der Waals surface area contributed by atoms with E-state index in [9.17, 15) is 9.90 Å². The van der Waals surface area contributed by atoms with Gasteiger partial charge in [0.1, 0.15) is 0 Å². The summed E-state index contributed by atoms with van der Waals surface area (Å²) in [7, 11) is 0. The Bertz CT molecular complexity index is 438. The number of rotatable bonds is 4. The van der Waals surface area contributed by atoms with E-state index in [4.69, 9.17) is 5.73 Å². The molecule has 1 aromatic carbocycles. The Labute approximate surface area is 120 Å². The molecule has 4 N–H and O–H groups in total. The number of amides is 1. The Morgan fingerprint density at radius 1 is 1.25 bits per heavy atom. The van der Waals surface area contributed by atoms with E-state index in [-0.39, 0.29) is 11.9 Å². The van der Waals surface area contributed by atoms with E-state index in [0.717, 1.165) is 24.1 Å². The second kappa shape index (κ2) is 6.86. The molecule has 1 aliphatic rings. The third-order valence-electron chi connectivity index (χ3n) is 4.12. The van der Waals surface area contributed by atoms with Crippen LogP contribution in [0.25, 0.3) is 0 Å². The molecule has 2 rings (SSSR count). The first kappa shape index (κ1) is 15.0. The summed E-state index contributed by atoms with van der Waals surface area (Å²) in [6.07, 6.45) is 5.30. The summed E-state index contributed by atoms with van der Waals surface area (Å²) >= 11 is 0. The Morgan fingerprint density at radius 2 is 1.85 bits per heavy atom. The highest BCUT2D eigenvalue weighted by Crippen LogP contribution is 2.31. The van der Waals surface area contributed by atoms with Gasteiger partial charge in [0.25, 0.3) is 0 Å². The number of anilines is 1. The molecule has 1 saturated carbocycles. The van der Waals surface area contributed by atoms with Crippen molar-refractivity contribution in [1.29, 1.82) is 0 Å². The van der Waals surface area contributed by atoms with Gasteiger partial charge in [-0.25, -0.2) is 0 Å². The molecule has 0 aliphatic heterocycles. The molecule has 0 aromatic heterocycles. The van der Waals surface area contributed by atoms with Crippen LogP contribution < -0.4 is 11.1 Å². The lowest BCUT2D eigenvalue weighted by molar-refractivity contribution is -0.114. The van der Waals surface area contributed by atoms with E-state index in [1.54, 1.807) is 0 Å². The van der Waals surface area contributed by atoms with Crippen molar-refractivity contribution in [2.24, 2.45) is 11.7 Å². The number of aliphatic hydroxyl groups excluding tert-OH is 1. The Balaban J connectivity index is 2.00. The lowest BCUT2D eigenvalue weighted by atomic mass is 9.81. The molecule has 0 radical (unpaired) electrons. The van der Waals surface area contributed by atoms with Gasteiger partial charge in [0, 0.05) is 12.6 Å². The first-order chi connectivity index (χ1) is 9.58. The molecule has 0 heterocycles. The molecule has 0 unspecified atom stereocenters. The quantitative estimate of drug-likeness (QED) is 0.791. The van der Waals surface area contributed by atoms with Gasteiger partial charge in [-0.2, -0.15) is 0 Å². The maximum Gasteiger partial charge on any atom is 0.221 e. The van der Waals surface area contributed by atoms with E-state index in [2.05, 4.69) is 5.32 Å². The Hall–Kier alpha value is -1.39. The maximum atomic E-state index is 11.0. The minimum absolute atomic E-state index is 0.0933. The molecule has 20 heavy (non-hydrogen) atoms. The van der Waals surface area contributed by atoms with Crippen molar-refractivity contribution in [3.05, 3.63) is 29.8 Å². The molecular weight excluding hydrogens is 252 g/mol. The minimum atomic E-state index is -0.484. The summed E-state index contributed by atoms with van der Waals surface area (Å²) in [6, 6.07) is 7.04. The molecule has 0 saturated heterocycles. The van der Waals surface area contributed by atoms with Gasteiger partial charge in [0.2, 0.25) is 5.91 Å². The molecular formula is C16H24N2O2. The molecule has 0 spiro atoms. The normalized spacial score (nSPS) is 19.4. The molecule has 1 aliphatic carbocycles. The number of nitrogens with one attached hydrogen (secondary N) is 1. The van der Waals surface area contributed by atoms with Crippen LogP contribution in [0.15, 0.2) is 24.3 Å². The smallest absolute Gasteiger partial charge is 0.221 e. The molecule has 1 fully saturated rings. The fraction of sp³-hybridized carbons (Fsp3) is 0.562.